The number of rotatable bonds is 6. The molecule has 29 heavy (non-hydrogen) atoms. The van der Waals surface area contributed by atoms with Crippen molar-refractivity contribution >= 4 is 11.8 Å². The number of piperidine rings is 1. The average Bonchev–Trinajstić information content (AvgIpc) is 3.13. The van der Waals surface area contributed by atoms with Gasteiger partial charge < -0.3 is 21.1 Å². The summed E-state index contributed by atoms with van der Waals surface area (Å²) >= 11 is 0. The lowest BCUT2D eigenvalue weighted by molar-refractivity contribution is -0.126. The number of aromatic nitrogens is 2. The van der Waals surface area contributed by atoms with Gasteiger partial charge in [0.15, 0.2) is 11.4 Å². The van der Waals surface area contributed by atoms with E-state index in [0.717, 1.165) is 18.5 Å². The van der Waals surface area contributed by atoms with E-state index in [0.29, 0.717) is 32.1 Å². The minimum atomic E-state index is -0.364. The van der Waals surface area contributed by atoms with Gasteiger partial charge in [0, 0.05) is 26.2 Å². The Labute approximate surface area is 170 Å². The molecule has 1 aromatic carbocycles. The molecule has 3 rings (SSSR count). The Kier molecular flexibility index (Phi) is 6.53. The van der Waals surface area contributed by atoms with Crippen LogP contribution < -0.4 is 11.1 Å². The first-order valence-electron chi connectivity index (χ1n) is 10.1. The Morgan fingerprint density at radius 2 is 2.03 bits per heavy atom. The van der Waals surface area contributed by atoms with Crippen molar-refractivity contribution < 1.29 is 14.7 Å². The second-order valence-electron chi connectivity index (χ2n) is 7.72. The van der Waals surface area contributed by atoms with Crippen LogP contribution >= 0.6 is 0 Å². The fourth-order valence-electron chi connectivity index (χ4n) is 3.53. The van der Waals surface area contributed by atoms with Gasteiger partial charge in [-0.05, 0) is 36.5 Å². The summed E-state index contributed by atoms with van der Waals surface area (Å²) in [6.45, 7) is 5.88. The predicted octanol–water partition coefficient (Wildman–Crippen LogP) is 1.63. The highest BCUT2D eigenvalue weighted by atomic mass is 16.3. The summed E-state index contributed by atoms with van der Waals surface area (Å²) in [6.07, 6.45) is 2.89. The molecule has 2 aromatic rings. The molecule has 0 spiro atoms. The Balaban J connectivity index is 1.73. The van der Waals surface area contributed by atoms with Gasteiger partial charge in [0.2, 0.25) is 5.91 Å². The minimum absolute atomic E-state index is 0.000882. The second-order valence-corrected chi connectivity index (χ2v) is 7.72. The maximum absolute atomic E-state index is 12.9. The van der Waals surface area contributed by atoms with Crippen molar-refractivity contribution in [3.63, 3.8) is 0 Å². The summed E-state index contributed by atoms with van der Waals surface area (Å²) < 4.78 is 1.50. The summed E-state index contributed by atoms with van der Waals surface area (Å²) in [6, 6.07) is 7.84. The molecule has 8 heteroatoms. The van der Waals surface area contributed by atoms with Crippen LogP contribution in [0.15, 0.2) is 30.5 Å². The van der Waals surface area contributed by atoms with Crippen molar-refractivity contribution in [3.05, 3.63) is 41.7 Å². The minimum Gasteiger partial charge on any atom is -0.504 e. The molecular weight excluding hydrogens is 370 g/mol. The van der Waals surface area contributed by atoms with E-state index >= 15 is 0 Å². The molecule has 0 saturated carbocycles. The van der Waals surface area contributed by atoms with Gasteiger partial charge in [-0.2, -0.15) is 5.10 Å². The number of carbonyl (C=O) groups excluding carboxylic acids is 2. The Hall–Kier alpha value is -2.87. The van der Waals surface area contributed by atoms with E-state index in [2.05, 4.69) is 24.3 Å². The van der Waals surface area contributed by atoms with Gasteiger partial charge in [0.05, 0.1) is 17.8 Å². The fraction of sp³-hybridized carbons (Fsp3) is 0.476. The fourth-order valence-corrected chi connectivity index (χ4v) is 3.53. The molecule has 1 aromatic heterocycles. The third kappa shape index (κ3) is 4.76. The largest absolute Gasteiger partial charge is 0.504 e. The molecule has 1 fully saturated rings. The highest BCUT2D eigenvalue weighted by Gasteiger charge is 2.31. The first kappa shape index (κ1) is 20.9. The topological polar surface area (TPSA) is 113 Å². The molecule has 0 radical (unpaired) electrons. The number of nitrogens with zero attached hydrogens (tertiary/aromatic N) is 3. The molecule has 1 aliphatic heterocycles. The molecule has 8 nitrogen and oxygen atoms in total. The van der Waals surface area contributed by atoms with Crippen molar-refractivity contribution in [1.29, 1.82) is 0 Å². The van der Waals surface area contributed by atoms with E-state index in [9.17, 15) is 14.7 Å². The number of carbonyl (C=O) groups is 2. The van der Waals surface area contributed by atoms with E-state index in [1.54, 1.807) is 4.90 Å². The van der Waals surface area contributed by atoms with E-state index in [1.807, 2.05) is 24.3 Å². The third-order valence-corrected chi connectivity index (χ3v) is 5.24. The van der Waals surface area contributed by atoms with Crippen LogP contribution in [0.3, 0.4) is 0 Å². The van der Waals surface area contributed by atoms with Gasteiger partial charge >= 0.3 is 0 Å². The molecule has 1 atom stereocenters. The van der Waals surface area contributed by atoms with Crippen LogP contribution in [-0.4, -0.2) is 57.8 Å². The Bertz CT molecular complexity index is 860. The number of aromatic hydroxyl groups is 1. The summed E-state index contributed by atoms with van der Waals surface area (Å²) in [5, 5.41) is 17.4. The normalized spacial score (nSPS) is 16.8. The summed E-state index contributed by atoms with van der Waals surface area (Å²) in [5.74, 6) is -0.477. The number of nitrogens with two attached hydrogens (primary N) is 1. The van der Waals surface area contributed by atoms with Gasteiger partial charge in [-0.25, -0.2) is 4.68 Å². The van der Waals surface area contributed by atoms with Crippen molar-refractivity contribution in [1.82, 2.24) is 20.0 Å². The van der Waals surface area contributed by atoms with Gasteiger partial charge in [-0.15, -0.1) is 0 Å². The van der Waals surface area contributed by atoms with Gasteiger partial charge in [-0.1, -0.05) is 26.0 Å². The van der Waals surface area contributed by atoms with Crippen LogP contribution in [-0.2, 0) is 4.79 Å². The van der Waals surface area contributed by atoms with Gasteiger partial charge in [-0.3, -0.25) is 9.59 Å². The molecule has 1 aliphatic rings. The van der Waals surface area contributed by atoms with Crippen LogP contribution in [0.25, 0.3) is 5.69 Å². The van der Waals surface area contributed by atoms with E-state index < -0.39 is 0 Å². The first-order chi connectivity index (χ1) is 13.9. The monoisotopic (exact) mass is 399 g/mol. The molecular formula is C21H29N5O3. The molecule has 2 heterocycles. The lowest BCUT2D eigenvalue weighted by atomic mass is 9.97. The standard InChI is InChI=1S/C21H29N5O3/c1-14(2)15-5-7-17(8-6-15)26-13-18(27)19(24-26)21(29)25-11-3-4-16(12-25)20(28)23-10-9-22/h5-8,13-14,16,27H,3-4,9-12,22H2,1-2H3,(H,23,28). The zero-order valence-corrected chi connectivity index (χ0v) is 17.0. The lowest BCUT2D eigenvalue weighted by Crippen LogP contribution is -2.46. The average molecular weight is 399 g/mol. The molecule has 156 valence electrons. The zero-order chi connectivity index (χ0) is 21.0. The third-order valence-electron chi connectivity index (χ3n) is 5.24. The number of nitrogens with one attached hydrogen (secondary N) is 1. The number of benzene rings is 1. The molecule has 1 unspecified atom stereocenters. The second kappa shape index (κ2) is 9.09. The highest BCUT2D eigenvalue weighted by molar-refractivity contribution is 5.95. The number of amides is 2. The van der Waals surface area contributed by atoms with Crippen molar-refractivity contribution in [2.45, 2.75) is 32.6 Å². The van der Waals surface area contributed by atoms with Gasteiger partial charge in [0.25, 0.3) is 5.91 Å². The molecule has 4 N–H and O–H groups in total. The van der Waals surface area contributed by atoms with Crippen molar-refractivity contribution in [3.8, 4) is 11.4 Å². The van der Waals surface area contributed by atoms with Crippen LogP contribution in [0.2, 0.25) is 0 Å². The number of hydrogen-bond acceptors (Lipinski definition) is 5. The van der Waals surface area contributed by atoms with Crippen LogP contribution in [0.4, 0.5) is 0 Å². The van der Waals surface area contributed by atoms with Crippen LogP contribution in [0.5, 0.6) is 5.75 Å². The summed E-state index contributed by atoms with van der Waals surface area (Å²) in [5.41, 5.74) is 7.40. The Morgan fingerprint density at radius 3 is 2.69 bits per heavy atom. The zero-order valence-electron chi connectivity index (χ0n) is 17.0. The molecule has 1 saturated heterocycles. The maximum Gasteiger partial charge on any atom is 0.278 e. The van der Waals surface area contributed by atoms with Crippen LogP contribution in [0.1, 0.15) is 48.7 Å². The summed E-state index contributed by atoms with van der Waals surface area (Å²) in [7, 11) is 0. The predicted molar refractivity (Wildman–Crippen MR) is 110 cm³/mol. The summed E-state index contributed by atoms with van der Waals surface area (Å²) in [4.78, 5) is 26.7. The molecule has 2 amide bonds. The van der Waals surface area contributed by atoms with Crippen molar-refractivity contribution in [2.24, 2.45) is 11.7 Å². The van der Waals surface area contributed by atoms with E-state index in [-0.39, 0.29) is 29.2 Å². The van der Waals surface area contributed by atoms with Crippen LogP contribution in [0, 0.1) is 5.92 Å². The highest BCUT2D eigenvalue weighted by Crippen LogP contribution is 2.24. The number of hydrogen-bond donors (Lipinski definition) is 3. The van der Waals surface area contributed by atoms with E-state index in [4.69, 9.17) is 5.73 Å². The van der Waals surface area contributed by atoms with Gasteiger partial charge in [0.1, 0.15) is 0 Å². The maximum atomic E-state index is 12.9. The first-order valence-corrected chi connectivity index (χ1v) is 10.1. The lowest BCUT2D eigenvalue weighted by Gasteiger charge is -2.31. The van der Waals surface area contributed by atoms with E-state index in [1.165, 1.54) is 16.4 Å². The number of likely N-dealkylation sites (tertiary alicyclic amines) is 1. The SMILES string of the molecule is CC(C)c1ccc(-n2cc(O)c(C(=O)N3CCCC(C(=O)NCCN)C3)n2)cc1. The Morgan fingerprint density at radius 1 is 1.31 bits per heavy atom. The molecule has 0 aliphatic carbocycles. The molecule has 0 bridgehead atoms. The smallest absolute Gasteiger partial charge is 0.278 e. The van der Waals surface area contributed by atoms with Crippen molar-refractivity contribution in [2.75, 3.05) is 26.2 Å². The quantitative estimate of drug-likeness (QED) is 0.683.